The van der Waals surface area contributed by atoms with Gasteiger partial charge in [-0.25, -0.2) is 0 Å². The van der Waals surface area contributed by atoms with Gasteiger partial charge < -0.3 is 5.32 Å². The van der Waals surface area contributed by atoms with Crippen LogP contribution in [0.25, 0.3) is 0 Å². The average Bonchev–Trinajstić information content (AvgIpc) is 2.44. The van der Waals surface area contributed by atoms with Crippen LogP contribution in [0.15, 0.2) is 28.7 Å². The molecule has 2 rings (SSSR count). The molecule has 0 amide bonds. The average molecular weight is 339 g/mol. The van der Waals surface area contributed by atoms with Gasteiger partial charge in [-0.3, -0.25) is 4.90 Å². The standard InChI is InChI=1S/C17H27BrN2/c1-3-19-14(2)12-15-8-10-20(11-9-15)13-16-4-6-17(18)7-5-16/h4-7,14-15,19H,3,8-13H2,1-2H3. The molecule has 20 heavy (non-hydrogen) atoms. The third kappa shape index (κ3) is 5.19. The van der Waals surface area contributed by atoms with Gasteiger partial charge in [-0.1, -0.05) is 35.0 Å². The van der Waals surface area contributed by atoms with Crippen molar-refractivity contribution < 1.29 is 0 Å². The minimum absolute atomic E-state index is 0.669. The number of hydrogen-bond donors (Lipinski definition) is 1. The predicted octanol–water partition coefficient (Wildman–Crippen LogP) is 4.05. The van der Waals surface area contributed by atoms with Crippen molar-refractivity contribution in [1.82, 2.24) is 10.2 Å². The minimum Gasteiger partial charge on any atom is -0.315 e. The third-order valence-electron chi connectivity index (χ3n) is 4.27. The van der Waals surface area contributed by atoms with Gasteiger partial charge in [0.1, 0.15) is 0 Å². The van der Waals surface area contributed by atoms with Gasteiger partial charge in [0.25, 0.3) is 0 Å². The molecule has 1 N–H and O–H groups in total. The molecule has 3 heteroatoms. The molecular formula is C17H27BrN2. The number of likely N-dealkylation sites (tertiary alicyclic amines) is 1. The summed E-state index contributed by atoms with van der Waals surface area (Å²) in [6, 6.07) is 9.40. The maximum absolute atomic E-state index is 3.53. The molecule has 0 spiro atoms. The van der Waals surface area contributed by atoms with Crippen molar-refractivity contribution in [3.05, 3.63) is 34.3 Å². The number of nitrogens with one attached hydrogen (secondary N) is 1. The SMILES string of the molecule is CCNC(C)CC1CCN(Cc2ccc(Br)cc2)CC1. The number of benzene rings is 1. The summed E-state index contributed by atoms with van der Waals surface area (Å²) in [6.07, 6.45) is 4.04. The minimum atomic E-state index is 0.669. The molecule has 0 saturated carbocycles. The van der Waals surface area contributed by atoms with Gasteiger partial charge in [0, 0.05) is 17.1 Å². The van der Waals surface area contributed by atoms with E-state index in [0.29, 0.717) is 6.04 Å². The second-order valence-electron chi connectivity index (χ2n) is 6.04. The lowest BCUT2D eigenvalue weighted by Gasteiger charge is -2.33. The highest BCUT2D eigenvalue weighted by atomic mass is 79.9. The first-order valence-electron chi connectivity index (χ1n) is 7.87. The van der Waals surface area contributed by atoms with E-state index in [1.54, 1.807) is 0 Å². The zero-order valence-corrected chi connectivity index (χ0v) is 14.3. The number of rotatable bonds is 6. The van der Waals surface area contributed by atoms with Gasteiger partial charge in [0.2, 0.25) is 0 Å². The fourth-order valence-corrected chi connectivity index (χ4v) is 3.42. The molecule has 0 bridgehead atoms. The Morgan fingerprint density at radius 1 is 1.25 bits per heavy atom. The molecule has 1 fully saturated rings. The predicted molar refractivity (Wildman–Crippen MR) is 89.9 cm³/mol. The first-order valence-corrected chi connectivity index (χ1v) is 8.67. The topological polar surface area (TPSA) is 15.3 Å². The lowest BCUT2D eigenvalue weighted by molar-refractivity contribution is 0.166. The molecule has 2 nitrogen and oxygen atoms in total. The summed E-state index contributed by atoms with van der Waals surface area (Å²) in [5.74, 6) is 0.908. The molecule has 1 atom stereocenters. The first kappa shape index (κ1) is 16.0. The first-order chi connectivity index (χ1) is 9.67. The van der Waals surface area contributed by atoms with Crippen molar-refractivity contribution in [2.45, 2.75) is 45.7 Å². The molecule has 1 aromatic rings. The Kier molecular flexibility index (Phi) is 6.53. The quantitative estimate of drug-likeness (QED) is 0.841. The van der Waals surface area contributed by atoms with Crippen molar-refractivity contribution in [3.63, 3.8) is 0 Å². The molecule has 1 unspecified atom stereocenters. The van der Waals surface area contributed by atoms with Crippen LogP contribution in [0.1, 0.15) is 38.7 Å². The second-order valence-corrected chi connectivity index (χ2v) is 6.96. The number of nitrogens with zero attached hydrogens (tertiary/aromatic N) is 1. The highest BCUT2D eigenvalue weighted by molar-refractivity contribution is 9.10. The van der Waals surface area contributed by atoms with E-state index in [4.69, 9.17) is 0 Å². The summed E-state index contributed by atoms with van der Waals surface area (Å²) in [7, 11) is 0. The van der Waals surface area contributed by atoms with Gasteiger partial charge in [-0.05, 0) is 69.4 Å². The molecule has 112 valence electrons. The number of hydrogen-bond acceptors (Lipinski definition) is 2. The van der Waals surface area contributed by atoms with Crippen LogP contribution in [-0.4, -0.2) is 30.6 Å². The highest BCUT2D eigenvalue weighted by Crippen LogP contribution is 2.23. The van der Waals surface area contributed by atoms with E-state index < -0.39 is 0 Å². The van der Waals surface area contributed by atoms with Crippen molar-refractivity contribution >= 4 is 15.9 Å². The van der Waals surface area contributed by atoms with Crippen LogP contribution < -0.4 is 5.32 Å². The maximum Gasteiger partial charge on any atom is 0.0233 e. The summed E-state index contributed by atoms with van der Waals surface area (Å²) in [4.78, 5) is 2.59. The maximum atomic E-state index is 3.53. The fraction of sp³-hybridized carbons (Fsp3) is 0.647. The summed E-state index contributed by atoms with van der Waals surface area (Å²) < 4.78 is 1.16. The highest BCUT2D eigenvalue weighted by Gasteiger charge is 2.20. The molecule has 1 saturated heterocycles. The Hall–Kier alpha value is -0.380. The number of piperidine rings is 1. The van der Waals surface area contributed by atoms with Gasteiger partial charge in [0.05, 0.1) is 0 Å². The third-order valence-corrected chi connectivity index (χ3v) is 4.79. The van der Waals surface area contributed by atoms with E-state index in [2.05, 4.69) is 64.3 Å². The molecule has 1 aliphatic rings. The van der Waals surface area contributed by atoms with Crippen molar-refractivity contribution in [1.29, 1.82) is 0 Å². The molecular weight excluding hydrogens is 312 g/mol. The Bertz CT molecular complexity index is 382. The fourth-order valence-electron chi connectivity index (χ4n) is 3.16. The van der Waals surface area contributed by atoms with Gasteiger partial charge in [-0.2, -0.15) is 0 Å². The molecule has 1 heterocycles. The van der Waals surface area contributed by atoms with E-state index in [9.17, 15) is 0 Å². The van der Waals surface area contributed by atoms with Crippen LogP contribution in [0.4, 0.5) is 0 Å². The van der Waals surface area contributed by atoms with Crippen LogP contribution in [0.3, 0.4) is 0 Å². The van der Waals surface area contributed by atoms with Gasteiger partial charge in [0.15, 0.2) is 0 Å². The zero-order chi connectivity index (χ0) is 14.4. The second kappa shape index (κ2) is 8.16. The molecule has 1 aliphatic heterocycles. The van der Waals surface area contributed by atoms with Gasteiger partial charge >= 0.3 is 0 Å². The van der Waals surface area contributed by atoms with Crippen LogP contribution >= 0.6 is 15.9 Å². The van der Waals surface area contributed by atoms with E-state index >= 15 is 0 Å². The zero-order valence-electron chi connectivity index (χ0n) is 12.7. The lowest BCUT2D eigenvalue weighted by atomic mass is 9.90. The van der Waals surface area contributed by atoms with Crippen LogP contribution in [0.2, 0.25) is 0 Å². The molecule has 0 aromatic heterocycles. The van der Waals surface area contributed by atoms with Crippen molar-refractivity contribution in [2.24, 2.45) is 5.92 Å². The van der Waals surface area contributed by atoms with E-state index in [1.165, 1.54) is 37.9 Å². The van der Waals surface area contributed by atoms with Crippen LogP contribution in [0.5, 0.6) is 0 Å². The normalized spacial score (nSPS) is 19.1. The van der Waals surface area contributed by atoms with Crippen LogP contribution in [-0.2, 0) is 6.54 Å². The lowest BCUT2D eigenvalue weighted by Crippen LogP contribution is -2.36. The summed E-state index contributed by atoms with van der Waals surface area (Å²) in [5, 5.41) is 3.53. The Balaban J connectivity index is 1.72. The van der Waals surface area contributed by atoms with E-state index in [-0.39, 0.29) is 0 Å². The van der Waals surface area contributed by atoms with Crippen molar-refractivity contribution in [2.75, 3.05) is 19.6 Å². The smallest absolute Gasteiger partial charge is 0.0233 e. The molecule has 0 aliphatic carbocycles. The number of halogens is 1. The Morgan fingerprint density at radius 3 is 2.50 bits per heavy atom. The Morgan fingerprint density at radius 2 is 1.90 bits per heavy atom. The van der Waals surface area contributed by atoms with Crippen LogP contribution in [0, 0.1) is 5.92 Å². The largest absolute Gasteiger partial charge is 0.315 e. The Labute approximate surface area is 132 Å². The summed E-state index contributed by atoms with van der Waals surface area (Å²) in [6.45, 7) is 9.19. The summed E-state index contributed by atoms with van der Waals surface area (Å²) in [5.41, 5.74) is 1.42. The van der Waals surface area contributed by atoms with Gasteiger partial charge in [-0.15, -0.1) is 0 Å². The van der Waals surface area contributed by atoms with E-state index in [0.717, 1.165) is 23.5 Å². The monoisotopic (exact) mass is 338 g/mol. The van der Waals surface area contributed by atoms with E-state index in [1.807, 2.05) is 0 Å². The summed E-state index contributed by atoms with van der Waals surface area (Å²) >= 11 is 3.49. The molecule has 1 aromatic carbocycles. The molecule has 0 radical (unpaired) electrons. The van der Waals surface area contributed by atoms with Crippen molar-refractivity contribution in [3.8, 4) is 0 Å².